The Balaban J connectivity index is 1.24. The lowest BCUT2D eigenvalue weighted by molar-refractivity contribution is 0.0951. The van der Waals surface area contributed by atoms with Gasteiger partial charge >= 0.3 is 0 Å². The van der Waals surface area contributed by atoms with Crippen LogP contribution in [0.3, 0.4) is 0 Å². The lowest BCUT2D eigenvalue weighted by Crippen LogP contribution is -2.48. The molecule has 0 spiro atoms. The van der Waals surface area contributed by atoms with Gasteiger partial charge in [0.15, 0.2) is 5.78 Å². The number of benzene rings is 3. The molecule has 40 heavy (non-hydrogen) atoms. The summed E-state index contributed by atoms with van der Waals surface area (Å²) in [6, 6.07) is 26.0. The van der Waals surface area contributed by atoms with Gasteiger partial charge in [-0.2, -0.15) is 0 Å². The standard InChI is InChI=1S/C32H30Cl2N4O2/c1-21-19-38(14-13-35-21)20-27-9-4-10-30(37-27)23-6-2-5-22(15-23)18-36-32(40)26-8-3-7-24(16-26)31(39)25-11-12-28(33)29(34)17-25/h2-12,15-17,21,35H,13-14,18-20H2,1H3,(H,36,40)/t21-/m0/s1. The summed E-state index contributed by atoms with van der Waals surface area (Å²) in [6.45, 7) is 6.38. The number of hydrogen-bond donors (Lipinski definition) is 2. The van der Waals surface area contributed by atoms with Crippen LogP contribution in [0.4, 0.5) is 0 Å². The molecule has 1 aliphatic rings. The summed E-state index contributed by atoms with van der Waals surface area (Å²) in [5.41, 5.74) is 5.10. The molecule has 2 heterocycles. The van der Waals surface area contributed by atoms with E-state index in [-0.39, 0.29) is 11.7 Å². The minimum atomic E-state index is -0.264. The predicted molar refractivity (Wildman–Crippen MR) is 160 cm³/mol. The SMILES string of the molecule is C[C@H]1CN(Cc2cccc(-c3cccc(CNC(=O)c4cccc(C(=O)c5ccc(Cl)c(Cl)c5)c4)c3)n2)CCN1. The second kappa shape index (κ2) is 12.7. The molecule has 3 aromatic carbocycles. The van der Waals surface area contributed by atoms with Crippen molar-refractivity contribution in [1.82, 2.24) is 20.5 Å². The van der Waals surface area contributed by atoms with E-state index in [2.05, 4.69) is 28.5 Å². The number of hydrogen-bond acceptors (Lipinski definition) is 5. The van der Waals surface area contributed by atoms with Gasteiger partial charge in [0.25, 0.3) is 5.91 Å². The number of nitrogens with one attached hydrogen (secondary N) is 2. The number of pyridine rings is 1. The smallest absolute Gasteiger partial charge is 0.251 e. The third kappa shape index (κ3) is 6.95. The molecule has 1 saturated heterocycles. The maximum atomic E-state index is 13.0. The van der Waals surface area contributed by atoms with Crippen molar-refractivity contribution < 1.29 is 9.59 Å². The van der Waals surface area contributed by atoms with E-state index in [4.69, 9.17) is 28.2 Å². The Kier molecular flexibility index (Phi) is 8.92. The summed E-state index contributed by atoms with van der Waals surface area (Å²) in [5.74, 6) is -0.498. The first-order chi connectivity index (χ1) is 19.4. The van der Waals surface area contributed by atoms with Gasteiger partial charge in [-0.05, 0) is 61.0 Å². The van der Waals surface area contributed by atoms with Gasteiger partial charge < -0.3 is 10.6 Å². The van der Waals surface area contributed by atoms with Gasteiger partial charge in [-0.15, -0.1) is 0 Å². The van der Waals surface area contributed by atoms with Crippen LogP contribution in [0, 0.1) is 0 Å². The van der Waals surface area contributed by atoms with Crippen molar-refractivity contribution in [3.63, 3.8) is 0 Å². The lowest BCUT2D eigenvalue weighted by atomic mass is 10.0. The number of amides is 1. The highest BCUT2D eigenvalue weighted by atomic mass is 35.5. The predicted octanol–water partition coefficient (Wildman–Crippen LogP) is 6.01. The molecule has 0 bridgehead atoms. The fraction of sp³-hybridized carbons (Fsp3) is 0.219. The number of carbonyl (C=O) groups is 2. The molecule has 204 valence electrons. The number of piperazine rings is 1. The van der Waals surface area contributed by atoms with Crippen LogP contribution in [0.15, 0.2) is 84.9 Å². The monoisotopic (exact) mass is 572 g/mol. The van der Waals surface area contributed by atoms with Gasteiger partial charge in [-0.25, -0.2) is 0 Å². The third-order valence-corrected chi connectivity index (χ3v) is 7.63. The molecule has 0 aliphatic carbocycles. The van der Waals surface area contributed by atoms with E-state index in [0.717, 1.165) is 48.7 Å². The highest BCUT2D eigenvalue weighted by Crippen LogP contribution is 2.24. The number of nitrogens with zero attached hydrogens (tertiary/aromatic N) is 2. The molecule has 2 N–H and O–H groups in total. The molecule has 1 aliphatic heterocycles. The van der Waals surface area contributed by atoms with Gasteiger partial charge in [0, 0.05) is 61.0 Å². The Bertz CT molecular complexity index is 1540. The molecular weight excluding hydrogens is 543 g/mol. The minimum absolute atomic E-state index is 0.234. The Labute approximate surface area is 244 Å². The Morgan fingerprint density at radius 3 is 2.52 bits per heavy atom. The van der Waals surface area contributed by atoms with E-state index in [9.17, 15) is 9.59 Å². The zero-order valence-electron chi connectivity index (χ0n) is 22.2. The van der Waals surface area contributed by atoms with Crippen molar-refractivity contribution in [3.05, 3.63) is 123 Å². The number of aromatic nitrogens is 1. The molecule has 0 saturated carbocycles. The molecule has 8 heteroatoms. The van der Waals surface area contributed by atoms with E-state index in [1.165, 1.54) is 6.07 Å². The van der Waals surface area contributed by atoms with Crippen LogP contribution in [-0.4, -0.2) is 47.3 Å². The van der Waals surface area contributed by atoms with Gasteiger partial charge in [-0.1, -0.05) is 59.6 Å². The summed E-state index contributed by atoms with van der Waals surface area (Å²) in [7, 11) is 0. The van der Waals surface area contributed by atoms with Gasteiger partial charge in [0.05, 0.1) is 21.4 Å². The van der Waals surface area contributed by atoms with Crippen LogP contribution in [0.5, 0.6) is 0 Å². The van der Waals surface area contributed by atoms with Gasteiger partial charge in [0.2, 0.25) is 0 Å². The third-order valence-electron chi connectivity index (χ3n) is 6.89. The zero-order chi connectivity index (χ0) is 28.1. The second-order valence-electron chi connectivity index (χ2n) is 10.0. The van der Waals surface area contributed by atoms with Crippen LogP contribution in [0.1, 0.15) is 44.5 Å². The van der Waals surface area contributed by atoms with Gasteiger partial charge in [0.1, 0.15) is 0 Å². The van der Waals surface area contributed by atoms with Crippen molar-refractivity contribution in [3.8, 4) is 11.3 Å². The maximum Gasteiger partial charge on any atom is 0.251 e. The van der Waals surface area contributed by atoms with E-state index >= 15 is 0 Å². The Morgan fingerprint density at radius 2 is 1.70 bits per heavy atom. The molecule has 1 fully saturated rings. The fourth-order valence-corrected chi connectivity index (χ4v) is 5.14. The summed E-state index contributed by atoms with van der Waals surface area (Å²) in [6.07, 6.45) is 0. The summed E-state index contributed by atoms with van der Waals surface area (Å²) in [5, 5.41) is 7.12. The molecule has 4 aromatic rings. The molecular formula is C32H30Cl2N4O2. The average Bonchev–Trinajstić information content (AvgIpc) is 2.97. The first-order valence-corrected chi connectivity index (χ1v) is 14.0. The molecule has 1 aromatic heterocycles. The minimum Gasteiger partial charge on any atom is -0.348 e. The number of carbonyl (C=O) groups excluding carboxylic acids is 2. The molecule has 1 amide bonds. The van der Waals surface area contributed by atoms with Crippen LogP contribution < -0.4 is 10.6 Å². The van der Waals surface area contributed by atoms with Crippen LogP contribution in [-0.2, 0) is 13.1 Å². The van der Waals surface area contributed by atoms with E-state index < -0.39 is 0 Å². The number of halogens is 2. The van der Waals surface area contributed by atoms with E-state index in [1.807, 2.05) is 36.4 Å². The first-order valence-electron chi connectivity index (χ1n) is 13.2. The maximum absolute atomic E-state index is 13.0. The zero-order valence-corrected chi connectivity index (χ0v) is 23.7. The van der Waals surface area contributed by atoms with Crippen molar-refractivity contribution in [1.29, 1.82) is 0 Å². The van der Waals surface area contributed by atoms with Crippen molar-refractivity contribution >= 4 is 34.9 Å². The molecule has 0 unspecified atom stereocenters. The van der Waals surface area contributed by atoms with E-state index in [1.54, 1.807) is 36.4 Å². The normalized spacial score (nSPS) is 15.5. The highest BCUT2D eigenvalue weighted by molar-refractivity contribution is 6.42. The van der Waals surface area contributed by atoms with E-state index in [0.29, 0.717) is 39.3 Å². The largest absolute Gasteiger partial charge is 0.348 e. The fourth-order valence-electron chi connectivity index (χ4n) is 4.84. The highest BCUT2D eigenvalue weighted by Gasteiger charge is 2.17. The van der Waals surface area contributed by atoms with Crippen LogP contribution in [0.2, 0.25) is 10.0 Å². The second-order valence-corrected chi connectivity index (χ2v) is 10.8. The topological polar surface area (TPSA) is 74.3 Å². The molecule has 0 radical (unpaired) electrons. The molecule has 6 nitrogen and oxygen atoms in total. The molecule has 1 atom stereocenters. The quantitative estimate of drug-likeness (QED) is 0.253. The summed E-state index contributed by atoms with van der Waals surface area (Å²) in [4.78, 5) is 33.2. The summed E-state index contributed by atoms with van der Waals surface area (Å²) >= 11 is 12.0. The van der Waals surface area contributed by atoms with Crippen molar-refractivity contribution in [2.24, 2.45) is 0 Å². The lowest BCUT2D eigenvalue weighted by Gasteiger charge is -2.31. The van der Waals surface area contributed by atoms with Crippen molar-refractivity contribution in [2.75, 3.05) is 19.6 Å². The first kappa shape index (κ1) is 28.0. The van der Waals surface area contributed by atoms with Crippen LogP contribution >= 0.6 is 23.2 Å². The average molecular weight is 574 g/mol. The number of rotatable bonds is 8. The Hall–Kier alpha value is -3.55. The van der Waals surface area contributed by atoms with Crippen molar-refractivity contribution in [2.45, 2.75) is 26.1 Å². The molecule has 5 rings (SSSR count). The summed E-state index contributed by atoms with van der Waals surface area (Å²) < 4.78 is 0. The number of ketones is 1. The van der Waals surface area contributed by atoms with Crippen LogP contribution in [0.25, 0.3) is 11.3 Å². The van der Waals surface area contributed by atoms with Gasteiger partial charge in [-0.3, -0.25) is 19.5 Å². The Morgan fingerprint density at radius 1 is 0.925 bits per heavy atom.